The van der Waals surface area contributed by atoms with E-state index in [-0.39, 0.29) is 56.8 Å². The van der Waals surface area contributed by atoms with E-state index in [4.69, 9.17) is 9.05 Å². The Morgan fingerprint density at radius 3 is 0.795 bits per heavy atom. The van der Waals surface area contributed by atoms with Gasteiger partial charge in [0, 0.05) is 0 Å². The minimum Gasteiger partial charge on any atom is -0.756 e. The van der Waals surface area contributed by atoms with Crippen molar-refractivity contribution >= 4 is 25.2 Å². The van der Waals surface area contributed by atoms with Crippen molar-refractivity contribution in [2.45, 2.75) is 194 Å². The van der Waals surface area contributed by atoms with Crippen LogP contribution in [-0.4, -0.2) is 30.6 Å². The zero-order valence-electron chi connectivity index (χ0n) is 26.4. The van der Waals surface area contributed by atoms with Gasteiger partial charge in [-0.05, 0) is 12.8 Å². The number of phosphoric acid groups is 1. The molecule has 0 atom stereocenters. The maximum absolute atomic E-state index is 11.9. The molecule has 0 N–H and O–H groups in total. The number of phosphoric ester groups is 1. The minimum absolute atomic E-state index is 0. The molecule has 0 rings (SSSR count). The predicted molar refractivity (Wildman–Crippen MR) is 166 cm³/mol. The van der Waals surface area contributed by atoms with Crippen molar-refractivity contribution in [3.05, 3.63) is 0 Å². The number of hydrogen-bond donors (Lipinski definition) is 0. The molecule has 0 fully saturated rings. The maximum atomic E-state index is 11.9. The zero-order valence-corrected chi connectivity index (χ0v) is 30.9. The normalized spacial score (nSPS) is 11.4. The van der Waals surface area contributed by atoms with Crippen LogP contribution in [0.3, 0.4) is 0 Å². The first-order valence-corrected chi connectivity index (χ1v) is 18.2. The molecule has 0 unspecified atom stereocenters. The van der Waals surface area contributed by atoms with Gasteiger partial charge in [-0.1, -0.05) is 181 Å². The fourth-order valence-corrected chi connectivity index (χ4v) is 5.76. The summed E-state index contributed by atoms with van der Waals surface area (Å²) < 4.78 is 21.9. The Morgan fingerprint density at radius 2 is 0.590 bits per heavy atom. The van der Waals surface area contributed by atoms with E-state index in [9.17, 15) is 9.46 Å². The van der Waals surface area contributed by atoms with Crippen LogP contribution in [0.5, 0.6) is 0 Å². The fourth-order valence-electron chi connectivity index (χ4n) is 4.98. The van der Waals surface area contributed by atoms with E-state index in [0.717, 1.165) is 25.7 Å². The summed E-state index contributed by atoms with van der Waals surface area (Å²) in [6.45, 7) is 5.06. The van der Waals surface area contributed by atoms with Crippen molar-refractivity contribution in [1.29, 1.82) is 0 Å². The topological polar surface area (TPSA) is 58.6 Å². The van der Waals surface area contributed by atoms with Crippen LogP contribution in [0, 0.1) is 0 Å². The Balaban J connectivity index is -0.00000648. The molecule has 0 heterocycles. The third-order valence-corrected chi connectivity index (χ3v) is 8.49. The molecule has 0 radical (unpaired) electrons. The van der Waals surface area contributed by atoms with E-state index in [0.29, 0.717) is 0 Å². The van der Waals surface area contributed by atoms with Gasteiger partial charge in [0.05, 0.1) is 13.2 Å². The van der Waals surface area contributed by atoms with Crippen LogP contribution in [-0.2, 0) is 39.8 Å². The van der Waals surface area contributed by atoms with Gasteiger partial charge in [0.1, 0.15) is 0 Å². The molecular weight excluding hydrogens is 598 g/mol. The Hall–Kier alpha value is 1.53. The molecule has 0 aliphatic rings. The number of hydrogen-bond acceptors (Lipinski definition) is 4. The molecule has 0 aromatic carbocycles. The number of unbranched alkanes of at least 4 members (excludes halogenated alkanes) is 26. The molecule has 0 aromatic rings. The molecule has 0 spiro atoms. The van der Waals surface area contributed by atoms with Gasteiger partial charge in [-0.15, -0.1) is 0 Å². The average molecular weight is 664 g/mol. The summed E-state index contributed by atoms with van der Waals surface area (Å²) in [5.74, 6) is 0. The largest absolute Gasteiger partial charge is 4.00 e. The van der Waals surface area contributed by atoms with Crippen molar-refractivity contribution in [3.63, 3.8) is 0 Å². The van der Waals surface area contributed by atoms with E-state index in [1.807, 2.05) is 0 Å². The zero-order chi connectivity index (χ0) is 27.1. The van der Waals surface area contributed by atoms with E-state index >= 15 is 0 Å². The van der Waals surface area contributed by atoms with Crippen molar-refractivity contribution in [3.8, 4) is 0 Å². The van der Waals surface area contributed by atoms with Crippen LogP contribution < -0.4 is 4.89 Å². The summed E-state index contributed by atoms with van der Waals surface area (Å²) in [6.07, 6.45) is 36.0. The molecule has 0 aliphatic heterocycles. The minimum atomic E-state index is -4.12. The van der Waals surface area contributed by atoms with Gasteiger partial charge in [-0.3, -0.25) is 4.57 Å². The van der Waals surface area contributed by atoms with Crippen molar-refractivity contribution < 1.29 is 44.7 Å². The molecule has 0 amide bonds. The van der Waals surface area contributed by atoms with Crippen molar-refractivity contribution in [2.75, 3.05) is 13.2 Å². The average Bonchev–Trinajstić information content (AvgIpc) is 2.88. The fraction of sp³-hybridized carbons (Fsp3) is 1.00. The summed E-state index contributed by atoms with van der Waals surface area (Å²) >= 11 is 0. The first-order chi connectivity index (χ1) is 18.1. The quantitative estimate of drug-likeness (QED) is 0.0408. The van der Waals surface area contributed by atoms with Gasteiger partial charge < -0.3 is 13.9 Å². The second-order valence-electron chi connectivity index (χ2n) is 11.3. The third-order valence-electron chi connectivity index (χ3n) is 7.49. The van der Waals surface area contributed by atoms with Gasteiger partial charge in [-0.25, -0.2) is 0 Å². The summed E-state index contributed by atoms with van der Waals surface area (Å²) in [5, 5.41) is 0. The SMILES string of the molecule is CCCCCCCCCCCCCCCCOP(=O)([O-])OCCCCCCCCCCCCCCCC.[Al+3].[Zr+4]. The second-order valence-corrected chi connectivity index (χ2v) is 12.7. The first-order valence-electron chi connectivity index (χ1n) is 16.7. The Bertz CT molecular complexity index is 447. The monoisotopic (exact) mass is 662 g/mol. The van der Waals surface area contributed by atoms with Gasteiger partial charge in [0.15, 0.2) is 0 Å². The van der Waals surface area contributed by atoms with Crippen molar-refractivity contribution in [1.82, 2.24) is 0 Å². The smallest absolute Gasteiger partial charge is 0.756 e. The number of rotatable bonds is 32. The van der Waals surface area contributed by atoms with Crippen LogP contribution in [0.15, 0.2) is 0 Å². The van der Waals surface area contributed by atoms with Gasteiger partial charge >= 0.3 is 43.6 Å². The molecule has 0 aromatic heterocycles. The van der Waals surface area contributed by atoms with E-state index in [2.05, 4.69) is 13.8 Å². The van der Waals surface area contributed by atoms with Crippen LogP contribution in [0.2, 0.25) is 0 Å². The van der Waals surface area contributed by atoms with E-state index in [1.165, 1.54) is 154 Å². The Kier molecular flexibility index (Phi) is 43.3. The molecule has 0 aliphatic carbocycles. The second kappa shape index (κ2) is 37.6. The van der Waals surface area contributed by atoms with E-state index in [1.54, 1.807) is 0 Å². The van der Waals surface area contributed by atoms with Crippen LogP contribution in [0.1, 0.15) is 194 Å². The standard InChI is InChI=1S/C32H67O4P.Al.Zr/c1-3-5-7-9-11-13-15-17-19-21-23-25-27-29-31-35-37(33,34)36-32-30-28-26-24-22-20-18-16-14-12-10-8-6-4-2;;/h3-32H2,1-2H3,(H,33,34);;/q;+3;+4/p-1. The summed E-state index contributed by atoms with van der Waals surface area (Å²) in [4.78, 5) is 11.9. The summed E-state index contributed by atoms with van der Waals surface area (Å²) in [7, 11) is -4.12. The molecule has 0 saturated carbocycles. The van der Waals surface area contributed by atoms with Crippen LogP contribution in [0.4, 0.5) is 0 Å². The molecule has 7 heteroatoms. The van der Waals surface area contributed by atoms with Crippen molar-refractivity contribution in [2.24, 2.45) is 0 Å². The third kappa shape index (κ3) is 39.5. The summed E-state index contributed by atoms with van der Waals surface area (Å²) in [5.41, 5.74) is 0. The van der Waals surface area contributed by atoms with Gasteiger partial charge in [0.25, 0.3) is 7.82 Å². The van der Waals surface area contributed by atoms with Gasteiger partial charge in [-0.2, -0.15) is 0 Å². The van der Waals surface area contributed by atoms with Gasteiger partial charge in [0.2, 0.25) is 0 Å². The molecule has 39 heavy (non-hydrogen) atoms. The molecule has 224 valence electrons. The van der Waals surface area contributed by atoms with Crippen LogP contribution in [0.25, 0.3) is 0 Å². The maximum Gasteiger partial charge on any atom is 4.00 e. The van der Waals surface area contributed by atoms with E-state index < -0.39 is 7.82 Å². The Labute approximate surface area is 275 Å². The van der Waals surface area contributed by atoms with Crippen LogP contribution >= 0.6 is 7.82 Å². The summed E-state index contributed by atoms with van der Waals surface area (Å²) in [6, 6.07) is 0. The predicted octanol–water partition coefficient (Wildman–Crippen LogP) is 11.1. The Morgan fingerprint density at radius 1 is 0.410 bits per heavy atom. The molecule has 0 saturated heterocycles. The molecule has 4 nitrogen and oxygen atoms in total. The molecule has 0 bridgehead atoms. The first kappa shape index (κ1) is 45.0. The molecular formula is C32H66AlO4PZr+6.